The number of alkyl halides is 3. The van der Waals surface area contributed by atoms with Crippen molar-refractivity contribution < 1.29 is 22.5 Å². The summed E-state index contributed by atoms with van der Waals surface area (Å²) in [6.07, 6.45) is -3.92. The van der Waals surface area contributed by atoms with E-state index in [1.165, 1.54) is 12.1 Å². The predicted molar refractivity (Wildman–Crippen MR) is 146 cm³/mol. The van der Waals surface area contributed by atoms with Gasteiger partial charge in [-0.3, -0.25) is 4.79 Å². The highest BCUT2D eigenvalue weighted by molar-refractivity contribution is 7.99. The first-order valence-electron chi connectivity index (χ1n) is 12.5. The van der Waals surface area contributed by atoms with Crippen molar-refractivity contribution in [2.45, 2.75) is 31.2 Å². The van der Waals surface area contributed by atoms with Gasteiger partial charge in [0.05, 0.1) is 23.4 Å². The fourth-order valence-electron chi connectivity index (χ4n) is 4.63. The molecule has 3 aromatic heterocycles. The SMILES string of the molecule is Cc1[nH]c2ccccc2[n+]1CCc1nc2c3ccccc3nc(SCC(=O)Nc3cccc(C(F)(F)F)c3)n2n1. The van der Waals surface area contributed by atoms with Gasteiger partial charge in [0.15, 0.2) is 27.7 Å². The van der Waals surface area contributed by atoms with E-state index in [1.807, 2.05) is 49.4 Å². The number of H-pyrrole nitrogens is 1. The van der Waals surface area contributed by atoms with Crippen LogP contribution in [0, 0.1) is 6.92 Å². The Balaban J connectivity index is 1.24. The molecule has 202 valence electrons. The number of aryl methyl sites for hydroxylation is 3. The molecule has 12 heteroatoms. The average Bonchev–Trinajstić information content (AvgIpc) is 3.51. The molecule has 0 unspecified atom stereocenters. The Morgan fingerprint density at radius 1 is 1.05 bits per heavy atom. The van der Waals surface area contributed by atoms with Gasteiger partial charge in [0.2, 0.25) is 5.91 Å². The number of nitrogens with one attached hydrogen (secondary N) is 2. The Morgan fingerprint density at radius 2 is 1.85 bits per heavy atom. The summed E-state index contributed by atoms with van der Waals surface area (Å²) in [5.41, 5.74) is 2.73. The normalized spacial score (nSPS) is 12.0. The summed E-state index contributed by atoms with van der Waals surface area (Å²) in [5.74, 6) is 1.13. The summed E-state index contributed by atoms with van der Waals surface area (Å²) >= 11 is 1.14. The number of amides is 1. The monoisotopic (exact) mass is 562 g/mol. The fraction of sp³-hybridized carbons (Fsp3) is 0.179. The second-order valence-electron chi connectivity index (χ2n) is 9.22. The molecule has 0 saturated heterocycles. The van der Waals surface area contributed by atoms with Crippen LogP contribution in [0.15, 0.2) is 78.0 Å². The minimum atomic E-state index is -4.49. The van der Waals surface area contributed by atoms with Crippen LogP contribution in [0.3, 0.4) is 0 Å². The van der Waals surface area contributed by atoms with Gasteiger partial charge >= 0.3 is 6.18 Å². The Morgan fingerprint density at radius 3 is 2.70 bits per heavy atom. The zero-order chi connectivity index (χ0) is 27.9. The number of imidazole rings is 1. The van der Waals surface area contributed by atoms with Crippen molar-refractivity contribution in [3.8, 4) is 0 Å². The second kappa shape index (κ2) is 10.3. The zero-order valence-corrected chi connectivity index (χ0v) is 22.1. The standard InChI is InChI=1S/C28H22F3N7OS/c1-17-32-22-11-4-5-12-23(22)37(17)14-13-24-35-26-20-9-2-3-10-21(20)34-27(38(26)36-24)40-16-25(39)33-19-8-6-7-18(15-19)28(29,30)31/h2-12,15H,13-14,16H2,1H3,(H,33,39)/p+1. The molecule has 6 rings (SSSR count). The van der Waals surface area contributed by atoms with Crippen LogP contribution < -0.4 is 9.88 Å². The first-order valence-corrected chi connectivity index (χ1v) is 13.5. The Labute approximate surface area is 230 Å². The molecule has 8 nitrogen and oxygen atoms in total. The highest BCUT2D eigenvalue weighted by Gasteiger charge is 2.30. The molecular formula is C28H23F3N7OS+. The highest BCUT2D eigenvalue weighted by atomic mass is 32.2. The maximum atomic E-state index is 13.0. The Bertz CT molecular complexity index is 1880. The molecule has 3 heterocycles. The number of fused-ring (bicyclic) bond motifs is 4. The highest BCUT2D eigenvalue weighted by Crippen LogP contribution is 2.31. The van der Waals surface area contributed by atoms with E-state index in [2.05, 4.69) is 20.9 Å². The van der Waals surface area contributed by atoms with Crippen LogP contribution in [0.5, 0.6) is 0 Å². The lowest BCUT2D eigenvalue weighted by Gasteiger charge is -2.10. The molecule has 6 aromatic rings. The molecule has 0 bridgehead atoms. The molecule has 3 aromatic carbocycles. The van der Waals surface area contributed by atoms with Crippen LogP contribution in [-0.2, 0) is 23.9 Å². The van der Waals surface area contributed by atoms with Crippen LogP contribution in [-0.4, -0.2) is 36.2 Å². The predicted octanol–water partition coefficient (Wildman–Crippen LogP) is 5.35. The topological polar surface area (TPSA) is 91.8 Å². The van der Waals surface area contributed by atoms with Crippen LogP contribution in [0.25, 0.3) is 27.6 Å². The molecule has 0 aliphatic heterocycles. The van der Waals surface area contributed by atoms with Crippen molar-refractivity contribution in [1.29, 1.82) is 0 Å². The van der Waals surface area contributed by atoms with Gasteiger partial charge in [0.1, 0.15) is 0 Å². The number of para-hydroxylation sites is 3. The quantitative estimate of drug-likeness (QED) is 0.156. The summed E-state index contributed by atoms with van der Waals surface area (Å²) in [7, 11) is 0. The number of halogens is 3. The van der Waals surface area contributed by atoms with Crippen LogP contribution in [0.4, 0.5) is 18.9 Å². The van der Waals surface area contributed by atoms with Gasteiger partial charge in [-0.1, -0.05) is 42.1 Å². The first kappa shape index (κ1) is 25.8. The molecular weight excluding hydrogens is 539 g/mol. The number of hydrogen-bond donors (Lipinski definition) is 2. The number of carbonyl (C=O) groups excluding carboxylic acids is 1. The lowest BCUT2D eigenvalue weighted by molar-refractivity contribution is -0.677. The third-order valence-electron chi connectivity index (χ3n) is 6.47. The summed E-state index contributed by atoms with van der Waals surface area (Å²) in [6.45, 7) is 2.69. The number of rotatable bonds is 7. The van der Waals surface area contributed by atoms with E-state index in [-0.39, 0.29) is 11.4 Å². The lowest BCUT2D eigenvalue weighted by atomic mass is 10.2. The summed E-state index contributed by atoms with van der Waals surface area (Å²) in [6, 6.07) is 20.2. The van der Waals surface area contributed by atoms with Gasteiger partial charge in [0.25, 0.3) is 5.82 Å². The Kier molecular flexibility index (Phi) is 6.62. The van der Waals surface area contributed by atoms with Gasteiger partial charge in [-0.25, -0.2) is 19.5 Å². The number of benzene rings is 3. The smallest absolute Gasteiger partial charge is 0.325 e. The molecule has 40 heavy (non-hydrogen) atoms. The van der Waals surface area contributed by atoms with Crippen molar-refractivity contribution in [3.63, 3.8) is 0 Å². The van der Waals surface area contributed by atoms with Gasteiger partial charge < -0.3 is 5.32 Å². The molecule has 0 aliphatic carbocycles. The van der Waals surface area contributed by atoms with E-state index in [9.17, 15) is 18.0 Å². The molecule has 0 atom stereocenters. The number of hydrogen-bond acceptors (Lipinski definition) is 5. The third kappa shape index (κ3) is 5.09. The second-order valence-corrected chi connectivity index (χ2v) is 10.2. The van der Waals surface area contributed by atoms with Crippen molar-refractivity contribution in [2.24, 2.45) is 0 Å². The van der Waals surface area contributed by atoms with E-state index >= 15 is 0 Å². The van der Waals surface area contributed by atoms with Crippen molar-refractivity contribution in [3.05, 3.63) is 90.0 Å². The summed E-state index contributed by atoms with van der Waals surface area (Å²) in [5, 5.41) is 8.54. The number of aromatic nitrogens is 6. The van der Waals surface area contributed by atoms with Crippen LogP contribution in [0.2, 0.25) is 0 Å². The number of nitrogens with zero attached hydrogens (tertiary/aromatic N) is 5. The fourth-order valence-corrected chi connectivity index (χ4v) is 5.38. The average molecular weight is 563 g/mol. The van der Waals surface area contributed by atoms with Crippen LogP contribution >= 0.6 is 11.8 Å². The molecule has 2 N–H and O–H groups in total. The Hall–Kier alpha value is -4.45. The van der Waals surface area contributed by atoms with E-state index in [0.29, 0.717) is 35.1 Å². The van der Waals surface area contributed by atoms with Crippen molar-refractivity contribution >= 4 is 50.9 Å². The molecule has 0 saturated carbocycles. The lowest BCUT2D eigenvalue weighted by Crippen LogP contribution is -2.36. The van der Waals surface area contributed by atoms with Gasteiger partial charge in [-0.15, -0.1) is 5.10 Å². The number of anilines is 1. The van der Waals surface area contributed by atoms with Gasteiger partial charge in [-0.05, 0) is 42.5 Å². The summed E-state index contributed by atoms with van der Waals surface area (Å²) in [4.78, 5) is 25.5. The molecule has 0 spiro atoms. The minimum absolute atomic E-state index is 0.0731. The minimum Gasteiger partial charge on any atom is -0.325 e. The van der Waals surface area contributed by atoms with Gasteiger partial charge in [-0.2, -0.15) is 17.7 Å². The number of aromatic amines is 1. The molecule has 0 aliphatic rings. The van der Waals surface area contributed by atoms with Gasteiger partial charge in [0, 0.05) is 24.4 Å². The van der Waals surface area contributed by atoms with E-state index < -0.39 is 17.6 Å². The van der Waals surface area contributed by atoms with Crippen molar-refractivity contribution in [1.82, 2.24) is 24.6 Å². The summed E-state index contributed by atoms with van der Waals surface area (Å²) < 4.78 is 42.9. The number of thioether (sulfide) groups is 1. The van der Waals surface area contributed by atoms with E-state index in [0.717, 1.165) is 46.1 Å². The maximum Gasteiger partial charge on any atom is 0.416 e. The molecule has 0 radical (unpaired) electrons. The van der Waals surface area contributed by atoms with Crippen molar-refractivity contribution in [2.75, 3.05) is 11.1 Å². The first-order chi connectivity index (χ1) is 19.3. The van der Waals surface area contributed by atoms with Crippen LogP contribution in [0.1, 0.15) is 17.2 Å². The zero-order valence-electron chi connectivity index (χ0n) is 21.2. The molecule has 0 fully saturated rings. The van der Waals surface area contributed by atoms with E-state index in [4.69, 9.17) is 15.1 Å². The largest absolute Gasteiger partial charge is 0.416 e. The van der Waals surface area contributed by atoms with E-state index in [1.54, 1.807) is 4.52 Å². The third-order valence-corrected chi connectivity index (χ3v) is 7.40. The maximum absolute atomic E-state index is 13.0. The number of carbonyl (C=O) groups is 1. The molecule has 1 amide bonds.